The molecule has 0 aromatic heterocycles. The lowest BCUT2D eigenvalue weighted by Crippen LogP contribution is -2.44. The molecule has 1 aliphatic carbocycles. The van der Waals surface area contributed by atoms with Crippen LogP contribution in [0.15, 0.2) is 0 Å². The number of hydrogen-bond donors (Lipinski definition) is 4. The molecule has 0 bridgehead atoms. The van der Waals surface area contributed by atoms with Crippen molar-refractivity contribution in [2.45, 2.75) is 31.7 Å². The monoisotopic (exact) mass is 243 g/mol. The minimum Gasteiger partial charge on any atom is -0.396 e. The highest BCUT2D eigenvalue weighted by Crippen LogP contribution is 2.30. The number of aliphatic hydroxyl groups excluding tert-OH is 1. The van der Waals surface area contributed by atoms with Gasteiger partial charge in [-0.2, -0.15) is 0 Å². The summed E-state index contributed by atoms with van der Waals surface area (Å²) in [5.74, 6) is -0.360. The average molecular weight is 243 g/mol. The fourth-order valence-electron chi connectivity index (χ4n) is 2.29. The average Bonchev–Trinajstić information content (AvgIpc) is 2.72. The van der Waals surface area contributed by atoms with Gasteiger partial charge in [-0.05, 0) is 24.7 Å². The molecule has 2 amide bonds. The Hall–Kier alpha value is -1.14. The number of carbonyl (C=O) groups is 2. The van der Waals surface area contributed by atoms with Crippen molar-refractivity contribution >= 4 is 11.8 Å². The highest BCUT2D eigenvalue weighted by molar-refractivity contribution is 5.87. The molecule has 98 valence electrons. The number of aliphatic hydroxyl groups is 1. The third-order valence-electron chi connectivity index (χ3n) is 3.35. The molecule has 6 heteroatoms. The van der Waals surface area contributed by atoms with E-state index in [2.05, 4.69) is 5.32 Å². The number of rotatable bonds is 6. The molecule has 1 fully saturated rings. The Morgan fingerprint density at radius 1 is 1.35 bits per heavy atom. The fraction of sp³-hybridized carbons (Fsp3) is 0.818. The summed E-state index contributed by atoms with van der Waals surface area (Å²) in [7, 11) is 0. The molecule has 3 atom stereocenters. The quantitative estimate of drug-likeness (QED) is 0.464. The molecule has 0 aromatic carbocycles. The van der Waals surface area contributed by atoms with E-state index in [9.17, 15) is 9.59 Å². The van der Waals surface area contributed by atoms with Crippen molar-refractivity contribution < 1.29 is 14.7 Å². The summed E-state index contributed by atoms with van der Waals surface area (Å²) in [6.45, 7) is 0.671. The maximum Gasteiger partial charge on any atom is 0.237 e. The van der Waals surface area contributed by atoms with Crippen LogP contribution in [0.2, 0.25) is 0 Å². The molecule has 0 aliphatic heterocycles. The SMILES string of the molecule is NC(=O)CC(N)C(=O)NCC1CCCC1CO. The third kappa shape index (κ3) is 4.32. The predicted molar refractivity (Wildman–Crippen MR) is 62.7 cm³/mol. The van der Waals surface area contributed by atoms with Crippen molar-refractivity contribution in [1.29, 1.82) is 0 Å². The van der Waals surface area contributed by atoms with Crippen molar-refractivity contribution in [3.8, 4) is 0 Å². The van der Waals surface area contributed by atoms with Crippen molar-refractivity contribution in [2.75, 3.05) is 13.2 Å². The van der Waals surface area contributed by atoms with Gasteiger partial charge in [0.15, 0.2) is 0 Å². The summed E-state index contributed by atoms with van der Waals surface area (Å²) >= 11 is 0. The first-order valence-electron chi connectivity index (χ1n) is 5.97. The van der Waals surface area contributed by atoms with Crippen LogP contribution in [0.1, 0.15) is 25.7 Å². The summed E-state index contributed by atoms with van der Waals surface area (Å²) < 4.78 is 0. The van der Waals surface area contributed by atoms with Crippen LogP contribution in [0, 0.1) is 11.8 Å². The van der Waals surface area contributed by atoms with Gasteiger partial charge >= 0.3 is 0 Å². The van der Waals surface area contributed by atoms with Crippen LogP contribution < -0.4 is 16.8 Å². The molecule has 0 heterocycles. The van der Waals surface area contributed by atoms with Crippen LogP contribution >= 0.6 is 0 Å². The largest absolute Gasteiger partial charge is 0.396 e. The lowest BCUT2D eigenvalue weighted by molar-refractivity contribution is -0.126. The molecule has 3 unspecified atom stereocenters. The fourth-order valence-corrected chi connectivity index (χ4v) is 2.29. The maximum absolute atomic E-state index is 11.5. The molecular weight excluding hydrogens is 222 g/mol. The Morgan fingerprint density at radius 3 is 2.59 bits per heavy atom. The van der Waals surface area contributed by atoms with Gasteiger partial charge < -0.3 is 21.9 Å². The Bertz CT molecular complexity index is 283. The molecule has 0 spiro atoms. The predicted octanol–water partition coefficient (Wildman–Crippen LogP) is -1.29. The van der Waals surface area contributed by atoms with E-state index in [1.54, 1.807) is 0 Å². The molecular formula is C11H21N3O3. The Morgan fingerprint density at radius 2 is 2.00 bits per heavy atom. The third-order valence-corrected chi connectivity index (χ3v) is 3.35. The highest BCUT2D eigenvalue weighted by atomic mass is 16.3. The van der Waals surface area contributed by atoms with Gasteiger partial charge in [0.25, 0.3) is 0 Å². The summed E-state index contributed by atoms with van der Waals surface area (Å²) in [5, 5.41) is 11.8. The van der Waals surface area contributed by atoms with Crippen molar-refractivity contribution in [2.24, 2.45) is 23.3 Å². The number of primary amides is 1. The van der Waals surface area contributed by atoms with Gasteiger partial charge in [0.1, 0.15) is 0 Å². The zero-order chi connectivity index (χ0) is 12.8. The zero-order valence-corrected chi connectivity index (χ0v) is 9.89. The normalized spacial score (nSPS) is 25.5. The van der Waals surface area contributed by atoms with Gasteiger partial charge in [-0.1, -0.05) is 6.42 Å². The van der Waals surface area contributed by atoms with Gasteiger partial charge in [0.2, 0.25) is 11.8 Å². The molecule has 0 aromatic rings. The van der Waals surface area contributed by atoms with Crippen LogP contribution in [-0.2, 0) is 9.59 Å². The van der Waals surface area contributed by atoms with E-state index in [4.69, 9.17) is 16.6 Å². The Kier molecular flexibility index (Phi) is 5.37. The van der Waals surface area contributed by atoms with Crippen LogP contribution in [0.3, 0.4) is 0 Å². The molecule has 6 nitrogen and oxygen atoms in total. The topological polar surface area (TPSA) is 118 Å². The lowest BCUT2D eigenvalue weighted by Gasteiger charge is -2.19. The Labute approximate surface area is 101 Å². The number of nitrogens with one attached hydrogen (secondary N) is 1. The second kappa shape index (κ2) is 6.56. The van der Waals surface area contributed by atoms with Gasteiger partial charge in [-0.15, -0.1) is 0 Å². The molecule has 0 radical (unpaired) electrons. The van der Waals surface area contributed by atoms with Crippen LogP contribution in [0.5, 0.6) is 0 Å². The second-order valence-corrected chi connectivity index (χ2v) is 4.66. The number of amides is 2. The van der Waals surface area contributed by atoms with Gasteiger partial charge in [-0.3, -0.25) is 9.59 Å². The molecule has 1 rings (SSSR count). The molecule has 17 heavy (non-hydrogen) atoms. The summed E-state index contributed by atoms with van der Waals surface area (Å²) in [6, 6.07) is -0.874. The minimum atomic E-state index is -0.874. The second-order valence-electron chi connectivity index (χ2n) is 4.66. The van der Waals surface area contributed by atoms with Crippen LogP contribution in [0.25, 0.3) is 0 Å². The van der Waals surface area contributed by atoms with Crippen molar-refractivity contribution in [3.05, 3.63) is 0 Å². The number of nitrogens with two attached hydrogens (primary N) is 2. The van der Waals surface area contributed by atoms with Crippen LogP contribution in [-0.4, -0.2) is 36.1 Å². The Balaban J connectivity index is 2.30. The van der Waals surface area contributed by atoms with E-state index in [1.807, 2.05) is 0 Å². The summed E-state index contributed by atoms with van der Waals surface area (Å²) in [5.41, 5.74) is 10.5. The van der Waals surface area contributed by atoms with Crippen molar-refractivity contribution in [1.82, 2.24) is 5.32 Å². The zero-order valence-electron chi connectivity index (χ0n) is 9.89. The van der Waals surface area contributed by atoms with E-state index in [1.165, 1.54) is 0 Å². The smallest absolute Gasteiger partial charge is 0.237 e. The molecule has 1 saturated carbocycles. The van der Waals surface area contributed by atoms with Gasteiger partial charge in [0.05, 0.1) is 12.5 Å². The van der Waals surface area contributed by atoms with E-state index in [0.29, 0.717) is 12.5 Å². The molecule has 6 N–H and O–H groups in total. The van der Waals surface area contributed by atoms with E-state index < -0.39 is 11.9 Å². The number of hydrogen-bond acceptors (Lipinski definition) is 4. The molecule has 0 saturated heterocycles. The van der Waals surface area contributed by atoms with E-state index >= 15 is 0 Å². The first-order chi connectivity index (χ1) is 8.04. The lowest BCUT2D eigenvalue weighted by atomic mass is 9.97. The highest BCUT2D eigenvalue weighted by Gasteiger charge is 2.27. The summed E-state index contributed by atoms with van der Waals surface area (Å²) in [4.78, 5) is 22.1. The van der Waals surface area contributed by atoms with E-state index in [-0.39, 0.29) is 24.9 Å². The van der Waals surface area contributed by atoms with Gasteiger partial charge in [-0.25, -0.2) is 0 Å². The first kappa shape index (κ1) is 13.9. The number of carbonyl (C=O) groups excluding carboxylic acids is 2. The standard InChI is InChI=1S/C11H21N3O3/c12-9(4-10(13)16)11(17)14-5-7-2-1-3-8(7)6-15/h7-9,15H,1-6,12H2,(H2,13,16)(H,14,17). The maximum atomic E-state index is 11.5. The minimum absolute atomic E-state index is 0.139. The van der Waals surface area contributed by atoms with Crippen LogP contribution in [0.4, 0.5) is 0 Å². The van der Waals surface area contributed by atoms with E-state index in [0.717, 1.165) is 19.3 Å². The van der Waals surface area contributed by atoms with Crippen molar-refractivity contribution in [3.63, 3.8) is 0 Å². The molecule has 1 aliphatic rings. The summed E-state index contributed by atoms with van der Waals surface area (Å²) in [6.07, 6.45) is 2.96. The first-order valence-corrected chi connectivity index (χ1v) is 5.97. The van der Waals surface area contributed by atoms with Gasteiger partial charge in [0, 0.05) is 13.2 Å².